The van der Waals surface area contributed by atoms with Crippen molar-refractivity contribution in [1.29, 1.82) is 0 Å². The Morgan fingerprint density at radius 2 is 2.07 bits per heavy atom. The van der Waals surface area contributed by atoms with Gasteiger partial charge in [0, 0.05) is 23.7 Å². The summed E-state index contributed by atoms with van der Waals surface area (Å²) in [6.07, 6.45) is 2.22. The zero-order chi connectivity index (χ0) is 20.8. The maximum absolute atomic E-state index is 14.6. The molecule has 2 N–H and O–H groups in total. The van der Waals surface area contributed by atoms with E-state index >= 15 is 0 Å². The molecule has 0 saturated carbocycles. The van der Waals surface area contributed by atoms with Crippen LogP contribution in [0, 0.1) is 19.7 Å². The van der Waals surface area contributed by atoms with Crippen LogP contribution in [0.15, 0.2) is 27.6 Å². The number of aromatic nitrogens is 1. The summed E-state index contributed by atoms with van der Waals surface area (Å²) in [5, 5.41) is 7.02. The molecular formula is C21H29ClFN5O. The zero-order valence-electron chi connectivity index (χ0n) is 17.3. The first-order chi connectivity index (χ1) is 14.0. The summed E-state index contributed by atoms with van der Waals surface area (Å²) in [4.78, 5) is 11.2. The first kappa shape index (κ1) is 21.6. The van der Waals surface area contributed by atoms with Crippen molar-refractivity contribution in [2.24, 2.45) is 4.99 Å². The van der Waals surface area contributed by atoms with E-state index in [0.29, 0.717) is 42.1 Å². The number of guanidine groups is 1. The van der Waals surface area contributed by atoms with Gasteiger partial charge in [-0.05, 0) is 58.8 Å². The molecule has 1 fully saturated rings. The standard InChI is InChI=1S/C21H29ClFN5O/c1-4-24-21(26-13-19-27-14(2)15(3)29-19)25-12-18(28-10-5-6-11-28)20-16(22)8-7-9-17(20)23/h7-9,18H,4-6,10-13H2,1-3H3,(H2,24,25,26). The van der Waals surface area contributed by atoms with Crippen LogP contribution in [0.2, 0.25) is 5.02 Å². The van der Waals surface area contributed by atoms with Crippen molar-refractivity contribution in [3.8, 4) is 0 Å². The fourth-order valence-corrected chi connectivity index (χ4v) is 3.87. The van der Waals surface area contributed by atoms with E-state index in [9.17, 15) is 4.39 Å². The van der Waals surface area contributed by atoms with E-state index in [2.05, 4.69) is 25.5 Å². The summed E-state index contributed by atoms with van der Waals surface area (Å²) in [7, 11) is 0. The first-order valence-electron chi connectivity index (χ1n) is 10.1. The molecule has 1 saturated heterocycles. The third-order valence-corrected chi connectivity index (χ3v) is 5.50. The predicted octanol–water partition coefficient (Wildman–Crippen LogP) is 3.98. The molecule has 1 aromatic carbocycles. The van der Waals surface area contributed by atoms with E-state index in [4.69, 9.17) is 16.0 Å². The minimum atomic E-state index is -0.274. The van der Waals surface area contributed by atoms with Crippen molar-refractivity contribution in [2.45, 2.75) is 46.2 Å². The molecule has 1 unspecified atom stereocenters. The van der Waals surface area contributed by atoms with Crippen molar-refractivity contribution in [2.75, 3.05) is 26.2 Å². The van der Waals surface area contributed by atoms with Crippen LogP contribution in [-0.2, 0) is 6.54 Å². The van der Waals surface area contributed by atoms with Crippen LogP contribution >= 0.6 is 11.6 Å². The van der Waals surface area contributed by atoms with Gasteiger partial charge in [0.1, 0.15) is 18.1 Å². The summed E-state index contributed by atoms with van der Waals surface area (Å²) in [5.41, 5.74) is 1.41. The highest BCUT2D eigenvalue weighted by molar-refractivity contribution is 6.31. The van der Waals surface area contributed by atoms with E-state index < -0.39 is 0 Å². The van der Waals surface area contributed by atoms with Crippen LogP contribution in [0.4, 0.5) is 4.39 Å². The number of hydrogen-bond donors (Lipinski definition) is 2. The molecule has 1 atom stereocenters. The molecule has 29 heavy (non-hydrogen) atoms. The Morgan fingerprint density at radius 3 is 2.69 bits per heavy atom. The molecule has 3 rings (SSSR count). The molecule has 0 radical (unpaired) electrons. The third kappa shape index (κ3) is 5.48. The van der Waals surface area contributed by atoms with Gasteiger partial charge in [0.05, 0.1) is 11.7 Å². The Kier molecular flexibility index (Phi) is 7.50. The Bertz CT molecular complexity index is 808. The minimum Gasteiger partial charge on any atom is -0.444 e. The maximum Gasteiger partial charge on any atom is 0.216 e. The van der Waals surface area contributed by atoms with Gasteiger partial charge in [-0.3, -0.25) is 4.90 Å². The first-order valence-corrected chi connectivity index (χ1v) is 10.5. The second kappa shape index (κ2) is 10.1. The number of aryl methyl sites for hydroxylation is 2. The SMILES string of the molecule is CCNC(=NCc1nc(C)c(C)o1)NCC(c1c(F)cccc1Cl)N1CCCC1. The number of halogens is 2. The number of aliphatic imine (C=N–C) groups is 1. The highest BCUT2D eigenvalue weighted by Crippen LogP contribution is 2.31. The van der Waals surface area contributed by atoms with Crippen molar-refractivity contribution < 1.29 is 8.81 Å². The lowest BCUT2D eigenvalue weighted by Crippen LogP contribution is -2.43. The number of nitrogens with one attached hydrogen (secondary N) is 2. The van der Waals surface area contributed by atoms with E-state index in [1.54, 1.807) is 12.1 Å². The van der Waals surface area contributed by atoms with E-state index in [0.717, 1.165) is 37.4 Å². The van der Waals surface area contributed by atoms with Crippen molar-refractivity contribution >= 4 is 17.6 Å². The van der Waals surface area contributed by atoms with Gasteiger partial charge < -0.3 is 15.1 Å². The van der Waals surface area contributed by atoms with Crippen LogP contribution in [0.1, 0.15) is 48.7 Å². The molecule has 2 aromatic rings. The summed E-state index contributed by atoms with van der Waals surface area (Å²) in [6, 6.07) is 4.69. The van der Waals surface area contributed by atoms with Crippen molar-refractivity contribution in [3.05, 3.63) is 51.9 Å². The molecule has 8 heteroatoms. The number of benzene rings is 1. The Hall–Kier alpha value is -2.12. The van der Waals surface area contributed by atoms with Crippen LogP contribution in [-0.4, -0.2) is 42.0 Å². The monoisotopic (exact) mass is 421 g/mol. The van der Waals surface area contributed by atoms with Gasteiger partial charge in [0.2, 0.25) is 5.89 Å². The lowest BCUT2D eigenvalue weighted by molar-refractivity contribution is 0.240. The molecular weight excluding hydrogens is 393 g/mol. The maximum atomic E-state index is 14.6. The second-order valence-corrected chi connectivity index (χ2v) is 7.63. The van der Waals surface area contributed by atoms with Gasteiger partial charge in [-0.2, -0.15) is 0 Å². The predicted molar refractivity (Wildman–Crippen MR) is 114 cm³/mol. The van der Waals surface area contributed by atoms with Gasteiger partial charge in [-0.1, -0.05) is 17.7 Å². The lowest BCUT2D eigenvalue weighted by Gasteiger charge is -2.29. The molecule has 2 heterocycles. The number of nitrogens with zero attached hydrogens (tertiary/aromatic N) is 3. The molecule has 0 amide bonds. The summed E-state index contributed by atoms with van der Waals surface area (Å²) < 4.78 is 20.2. The van der Waals surface area contributed by atoms with E-state index in [1.165, 1.54) is 6.07 Å². The van der Waals surface area contributed by atoms with E-state index in [1.807, 2.05) is 20.8 Å². The summed E-state index contributed by atoms with van der Waals surface area (Å²) in [6.45, 7) is 9.20. The van der Waals surface area contributed by atoms with Gasteiger partial charge in [0.25, 0.3) is 0 Å². The lowest BCUT2D eigenvalue weighted by atomic mass is 10.0. The highest BCUT2D eigenvalue weighted by atomic mass is 35.5. The van der Waals surface area contributed by atoms with Gasteiger partial charge in [0.15, 0.2) is 5.96 Å². The highest BCUT2D eigenvalue weighted by Gasteiger charge is 2.27. The fraction of sp³-hybridized carbons (Fsp3) is 0.524. The molecule has 0 bridgehead atoms. The summed E-state index contributed by atoms with van der Waals surface area (Å²) >= 11 is 6.38. The number of hydrogen-bond acceptors (Lipinski definition) is 4. The van der Waals surface area contributed by atoms with Crippen molar-refractivity contribution in [3.63, 3.8) is 0 Å². The normalized spacial score (nSPS) is 16.2. The topological polar surface area (TPSA) is 65.7 Å². The average molecular weight is 422 g/mol. The average Bonchev–Trinajstić information content (AvgIpc) is 3.32. The largest absolute Gasteiger partial charge is 0.444 e. The number of likely N-dealkylation sites (tertiary alicyclic amines) is 1. The second-order valence-electron chi connectivity index (χ2n) is 7.22. The van der Waals surface area contributed by atoms with Gasteiger partial charge >= 0.3 is 0 Å². The smallest absolute Gasteiger partial charge is 0.216 e. The van der Waals surface area contributed by atoms with Crippen LogP contribution in [0.25, 0.3) is 0 Å². The molecule has 1 aromatic heterocycles. The minimum absolute atomic E-state index is 0.165. The molecule has 1 aliphatic rings. The molecule has 0 spiro atoms. The van der Waals surface area contributed by atoms with Crippen molar-refractivity contribution in [1.82, 2.24) is 20.5 Å². The van der Waals surface area contributed by atoms with Gasteiger partial charge in [-0.25, -0.2) is 14.4 Å². The Morgan fingerprint density at radius 1 is 1.31 bits per heavy atom. The van der Waals surface area contributed by atoms with E-state index in [-0.39, 0.29) is 11.9 Å². The molecule has 0 aliphatic carbocycles. The third-order valence-electron chi connectivity index (χ3n) is 5.17. The van der Waals surface area contributed by atoms with Crippen LogP contribution in [0.3, 0.4) is 0 Å². The molecule has 158 valence electrons. The quantitative estimate of drug-likeness (QED) is 0.523. The number of rotatable bonds is 7. The van der Waals surface area contributed by atoms with Crippen LogP contribution < -0.4 is 10.6 Å². The van der Waals surface area contributed by atoms with Crippen LogP contribution in [0.5, 0.6) is 0 Å². The summed E-state index contributed by atoms with van der Waals surface area (Å²) in [5.74, 6) is 1.74. The Labute approximate surface area is 176 Å². The molecule has 1 aliphatic heterocycles. The fourth-order valence-electron chi connectivity index (χ4n) is 3.58. The Balaban J connectivity index is 1.75. The van der Waals surface area contributed by atoms with Gasteiger partial charge in [-0.15, -0.1) is 0 Å². The number of oxazole rings is 1. The zero-order valence-corrected chi connectivity index (χ0v) is 18.0. The molecule has 6 nitrogen and oxygen atoms in total.